The van der Waals surface area contributed by atoms with Crippen molar-refractivity contribution in [3.05, 3.63) is 48.0 Å². The van der Waals surface area contributed by atoms with Gasteiger partial charge in [-0.05, 0) is 24.6 Å². The Balaban J connectivity index is 2.58. The molecule has 1 N–H and O–H groups in total. The molecule has 0 aromatic heterocycles. The maximum atomic E-state index is 9.87. The fraction of sp³-hybridized carbons (Fsp3) is 0.143. The molecule has 0 aliphatic heterocycles. The van der Waals surface area contributed by atoms with Crippen molar-refractivity contribution in [3.63, 3.8) is 0 Å². The number of aromatic hydroxyl groups is 1. The van der Waals surface area contributed by atoms with E-state index in [2.05, 4.69) is 0 Å². The number of ether oxygens (including phenoxy) is 1. The number of aryl methyl sites for hydroxylation is 1. The van der Waals surface area contributed by atoms with Gasteiger partial charge in [0.2, 0.25) is 0 Å². The van der Waals surface area contributed by atoms with Gasteiger partial charge in [0.15, 0.2) is 0 Å². The van der Waals surface area contributed by atoms with Crippen LogP contribution in [0.25, 0.3) is 11.1 Å². The van der Waals surface area contributed by atoms with Gasteiger partial charge >= 0.3 is 0 Å². The Morgan fingerprint density at radius 1 is 1.00 bits per heavy atom. The van der Waals surface area contributed by atoms with E-state index in [0.717, 1.165) is 11.1 Å². The summed E-state index contributed by atoms with van der Waals surface area (Å²) >= 11 is 0. The molecule has 0 spiro atoms. The van der Waals surface area contributed by atoms with E-state index in [1.54, 1.807) is 19.2 Å². The van der Waals surface area contributed by atoms with E-state index in [-0.39, 0.29) is 5.75 Å². The number of hydrogen-bond donors (Lipinski definition) is 1. The lowest BCUT2D eigenvalue weighted by atomic mass is 10.0. The van der Waals surface area contributed by atoms with Crippen LogP contribution in [0.2, 0.25) is 0 Å². The molecule has 0 radical (unpaired) electrons. The Morgan fingerprint density at radius 3 is 2.31 bits per heavy atom. The zero-order chi connectivity index (χ0) is 11.5. The van der Waals surface area contributed by atoms with Gasteiger partial charge in [-0.15, -0.1) is 0 Å². The van der Waals surface area contributed by atoms with Crippen molar-refractivity contribution in [3.8, 4) is 22.6 Å². The number of phenolic OH excluding ortho intramolecular Hbond substituents is 1. The van der Waals surface area contributed by atoms with Crippen LogP contribution in [0, 0.1) is 6.92 Å². The van der Waals surface area contributed by atoms with Crippen molar-refractivity contribution < 1.29 is 9.84 Å². The van der Waals surface area contributed by atoms with Crippen LogP contribution in [0.15, 0.2) is 42.5 Å². The summed E-state index contributed by atoms with van der Waals surface area (Å²) in [5, 5.41) is 9.87. The first kappa shape index (κ1) is 10.6. The Kier molecular flexibility index (Phi) is 2.82. The second kappa shape index (κ2) is 4.27. The fourth-order valence-corrected chi connectivity index (χ4v) is 1.70. The topological polar surface area (TPSA) is 29.5 Å². The predicted molar refractivity (Wildman–Crippen MR) is 64.8 cm³/mol. The van der Waals surface area contributed by atoms with E-state index in [4.69, 9.17) is 4.74 Å². The van der Waals surface area contributed by atoms with Gasteiger partial charge in [-0.3, -0.25) is 0 Å². The minimum absolute atomic E-state index is 0.239. The van der Waals surface area contributed by atoms with Crippen LogP contribution in [0.4, 0.5) is 0 Å². The average Bonchev–Trinajstić information content (AvgIpc) is 2.30. The summed E-state index contributed by atoms with van der Waals surface area (Å²) in [5.41, 5.74) is 2.89. The number of rotatable bonds is 2. The summed E-state index contributed by atoms with van der Waals surface area (Å²) in [6.07, 6.45) is 0. The maximum Gasteiger partial charge on any atom is 0.130 e. The molecule has 0 bridgehead atoms. The van der Waals surface area contributed by atoms with E-state index in [1.165, 1.54) is 5.56 Å². The van der Waals surface area contributed by atoms with Crippen LogP contribution in [0.1, 0.15) is 5.56 Å². The minimum Gasteiger partial charge on any atom is -0.507 e. The van der Waals surface area contributed by atoms with Gasteiger partial charge in [-0.1, -0.05) is 35.9 Å². The molecule has 0 unspecified atom stereocenters. The molecule has 2 nitrogen and oxygen atoms in total. The van der Waals surface area contributed by atoms with Crippen LogP contribution in [-0.2, 0) is 0 Å². The van der Waals surface area contributed by atoms with E-state index in [9.17, 15) is 5.11 Å². The zero-order valence-electron chi connectivity index (χ0n) is 9.40. The van der Waals surface area contributed by atoms with Gasteiger partial charge in [0, 0.05) is 0 Å². The molecule has 0 aliphatic rings. The summed E-state index contributed by atoms with van der Waals surface area (Å²) in [5.74, 6) is 0.923. The maximum absolute atomic E-state index is 9.87. The molecule has 0 amide bonds. The van der Waals surface area contributed by atoms with Crippen LogP contribution >= 0.6 is 0 Å². The molecule has 0 atom stereocenters. The van der Waals surface area contributed by atoms with Crippen molar-refractivity contribution in [2.45, 2.75) is 6.92 Å². The number of phenols is 1. The third-order valence-electron chi connectivity index (χ3n) is 2.56. The molecule has 2 aromatic carbocycles. The summed E-state index contributed by atoms with van der Waals surface area (Å²) in [7, 11) is 1.60. The third-order valence-corrected chi connectivity index (χ3v) is 2.56. The quantitative estimate of drug-likeness (QED) is 0.830. The fourth-order valence-electron chi connectivity index (χ4n) is 1.70. The highest BCUT2D eigenvalue weighted by Gasteiger charge is 2.09. The molecule has 0 aliphatic carbocycles. The summed E-state index contributed by atoms with van der Waals surface area (Å²) in [4.78, 5) is 0. The second-order valence-electron chi connectivity index (χ2n) is 3.72. The van der Waals surface area contributed by atoms with Gasteiger partial charge in [0.25, 0.3) is 0 Å². The normalized spacial score (nSPS) is 10.1. The lowest BCUT2D eigenvalue weighted by molar-refractivity contribution is 0.410. The first-order valence-corrected chi connectivity index (χ1v) is 5.15. The minimum atomic E-state index is 0.239. The molecule has 0 saturated heterocycles. The summed E-state index contributed by atoms with van der Waals surface area (Å²) in [6, 6.07) is 13.3. The van der Waals surface area contributed by atoms with Crippen molar-refractivity contribution in [1.82, 2.24) is 0 Å². The lowest BCUT2D eigenvalue weighted by Crippen LogP contribution is -1.88. The number of hydrogen-bond acceptors (Lipinski definition) is 2. The second-order valence-corrected chi connectivity index (χ2v) is 3.72. The van der Waals surface area contributed by atoms with Gasteiger partial charge in [-0.2, -0.15) is 0 Å². The molecule has 0 heterocycles. The van der Waals surface area contributed by atoms with Gasteiger partial charge in [-0.25, -0.2) is 0 Å². The molecule has 2 rings (SSSR count). The smallest absolute Gasteiger partial charge is 0.130 e. The number of benzene rings is 2. The Hall–Kier alpha value is -1.96. The van der Waals surface area contributed by atoms with E-state index >= 15 is 0 Å². The SMILES string of the molecule is COc1cccc(O)c1-c1ccc(C)cc1. The van der Waals surface area contributed by atoms with Gasteiger partial charge < -0.3 is 9.84 Å². The molecular formula is C14H14O2. The van der Waals surface area contributed by atoms with E-state index < -0.39 is 0 Å². The standard InChI is InChI=1S/C14H14O2/c1-10-6-8-11(9-7-10)14-12(15)4-3-5-13(14)16-2/h3-9,15H,1-2H3. The lowest BCUT2D eigenvalue weighted by Gasteiger charge is -2.10. The van der Waals surface area contributed by atoms with Crippen LogP contribution in [0.5, 0.6) is 11.5 Å². The molecular weight excluding hydrogens is 200 g/mol. The predicted octanol–water partition coefficient (Wildman–Crippen LogP) is 3.38. The van der Waals surface area contributed by atoms with Crippen molar-refractivity contribution >= 4 is 0 Å². The van der Waals surface area contributed by atoms with Crippen LogP contribution < -0.4 is 4.74 Å². The molecule has 2 aromatic rings. The molecule has 0 saturated carbocycles. The number of methoxy groups -OCH3 is 1. The van der Waals surface area contributed by atoms with Crippen molar-refractivity contribution in [1.29, 1.82) is 0 Å². The molecule has 0 fully saturated rings. The third kappa shape index (κ3) is 1.87. The highest BCUT2D eigenvalue weighted by Crippen LogP contribution is 2.37. The van der Waals surface area contributed by atoms with Crippen molar-refractivity contribution in [2.75, 3.05) is 7.11 Å². The largest absolute Gasteiger partial charge is 0.507 e. The first-order chi connectivity index (χ1) is 7.72. The summed E-state index contributed by atoms with van der Waals surface area (Å²) in [6.45, 7) is 2.03. The Bertz CT molecular complexity index is 487. The van der Waals surface area contributed by atoms with E-state index in [1.807, 2.05) is 37.3 Å². The monoisotopic (exact) mass is 214 g/mol. The summed E-state index contributed by atoms with van der Waals surface area (Å²) < 4.78 is 5.25. The van der Waals surface area contributed by atoms with Crippen LogP contribution in [-0.4, -0.2) is 12.2 Å². The zero-order valence-corrected chi connectivity index (χ0v) is 9.40. The van der Waals surface area contributed by atoms with Gasteiger partial charge in [0.05, 0.1) is 12.7 Å². The molecule has 16 heavy (non-hydrogen) atoms. The molecule has 2 heteroatoms. The Morgan fingerprint density at radius 2 is 1.69 bits per heavy atom. The van der Waals surface area contributed by atoms with Gasteiger partial charge in [0.1, 0.15) is 11.5 Å². The first-order valence-electron chi connectivity index (χ1n) is 5.15. The van der Waals surface area contributed by atoms with E-state index in [0.29, 0.717) is 5.75 Å². The van der Waals surface area contributed by atoms with Crippen molar-refractivity contribution in [2.24, 2.45) is 0 Å². The van der Waals surface area contributed by atoms with Crippen LogP contribution in [0.3, 0.4) is 0 Å². The highest BCUT2D eigenvalue weighted by atomic mass is 16.5. The Labute approximate surface area is 95.1 Å². The highest BCUT2D eigenvalue weighted by molar-refractivity contribution is 5.76. The molecule has 82 valence electrons. The average molecular weight is 214 g/mol.